The number of carbonyl (C=O) groups excluding carboxylic acids is 1. The fourth-order valence-corrected chi connectivity index (χ4v) is 3.98. The van der Waals surface area contributed by atoms with Gasteiger partial charge in [-0.2, -0.15) is 0 Å². The number of nitrogens with zero attached hydrogens (tertiary/aromatic N) is 1. The van der Waals surface area contributed by atoms with E-state index in [-0.39, 0.29) is 35.1 Å². The van der Waals surface area contributed by atoms with Crippen molar-refractivity contribution < 1.29 is 9.53 Å². The van der Waals surface area contributed by atoms with E-state index >= 15 is 0 Å². The zero-order chi connectivity index (χ0) is 20.8. The van der Waals surface area contributed by atoms with Crippen molar-refractivity contribution in [2.24, 2.45) is 11.8 Å². The van der Waals surface area contributed by atoms with Gasteiger partial charge in [0.2, 0.25) is 5.91 Å². The molecule has 0 radical (unpaired) electrons. The van der Waals surface area contributed by atoms with Crippen LogP contribution in [-0.4, -0.2) is 34.7 Å². The second-order valence-corrected chi connectivity index (χ2v) is 8.17. The summed E-state index contributed by atoms with van der Waals surface area (Å²) in [6.07, 6.45) is 4.29. The fourth-order valence-electron chi connectivity index (χ4n) is 3.98. The van der Waals surface area contributed by atoms with E-state index in [4.69, 9.17) is 4.74 Å². The Bertz CT molecular complexity index is 939. The summed E-state index contributed by atoms with van der Waals surface area (Å²) >= 11 is 0. The minimum absolute atomic E-state index is 0.0175. The average Bonchev–Trinajstić information content (AvgIpc) is 2.71. The van der Waals surface area contributed by atoms with Crippen molar-refractivity contribution >= 4 is 16.8 Å². The number of aromatic amines is 1. The van der Waals surface area contributed by atoms with Crippen LogP contribution in [0, 0.1) is 11.8 Å². The summed E-state index contributed by atoms with van der Waals surface area (Å²) in [4.78, 5) is 40.2. The molecule has 3 rings (SSSR count). The zero-order valence-corrected chi connectivity index (χ0v) is 17.3. The molecule has 7 heteroatoms. The van der Waals surface area contributed by atoms with Crippen molar-refractivity contribution in [1.29, 1.82) is 0 Å². The maximum absolute atomic E-state index is 12.7. The molecule has 2 N–H and O–H groups in total. The molecule has 0 saturated heterocycles. The maximum Gasteiger partial charge on any atom is 0.328 e. The number of fused-ring (bicyclic) bond motifs is 1. The van der Waals surface area contributed by atoms with E-state index in [0.29, 0.717) is 30.6 Å². The van der Waals surface area contributed by atoms with Crippen molar-refractivity contribution in [3.05, 3.63) is 45.1 Å². The second kappa shape index (κ2) is 9.87. The van der Waals surface area contributed by atoms with E-state index in [9.17, 15) is 14.4 Å². The van der Waals surface area contributed by atoms with Gasteiger partial charge in [-0.05, 0) is 64.0 Å². The third kappa shape index (κ3) is 5.56. The number of hydrogen-bond acceptors (Lipinski definition) is 4. The fraction of sp³-hybridized carbons (Fsp3) is 0.591. The van der Waals surface area contributed by atoms with Crippen molar-refractivity contribution in [1.82, 2.24) is 14.9 Å². The van der Waals surface area contributed by atoms with Crippen LogP contribution >= 0.6 is 0 Å². The summed E-state index contributed by atoms with van der Waals surface area (Å²) in [5.74, 6) is 0.357. The highest BCUT2D eigenvalue weighted by molar-refractivity contribution is 5.78. The molecule has 0 aliphatic heterocycles. The first-order valence-electron chi connectivity index (χ1n) is 10.6. The van der Waals surface area contributed by atoms with Gasteiger partial charge >= 0.3 is 5.69 Å². The summed E-state index contributed by atoms with van der Waals surface area (Å²) in [6.45, 7) is 5.68. The topological polar surface area (TPSA) is 93.2 Å². The highest BCUT2D eigenvalue weighted by atomic mass is 16.5. The number of amides is 1. The van der Waals surface area contributed by atoms with Crippen LogP contribution < -0.4 is 16.6 Å². The van der Waals surface area contributed by atoms with Crippen LogP contribution in [0.2, 0.25) is 0 Å². The summed E-state index contributed by atoms with van der Waals surface area (Å²) in [6, 6.07) is 7.07. The van der Waals surface area contributed by atoms with Gasteiger partial charge in [-0.3, -0.25) is 14.2 Å². The lowest BCUT2D eigenvalue weighted by molar-refractivity contribution is -0.126. The number of rotatable bonds is 8. The summed E-state index contributed by atoms with van der Waals surface area (Å²) in [7, 11) is 0. The number of nitrogens with one attached hydrogen (secondary N) is 2. The monoisotopic (exact) mass is 401 g/mol. The van der Waals surface area contributed by atoms with Crippen LogP contribution in [0.25, 0.3) is 10.9 Å². The second-order valence-electron chi connectivity index (χ2n) is 8.17. The quantitative estimate of drug-likeness (QED) is 0.665. The molecule has 1 fully saturated rings. The normalized spacial score (nSPS) is 19.6. The Labute approximate surface area is 170 Å². The number of carbonyl (C=O) groups is 1. The molecule has 1 amide bonds. The molecule has 1 aliphatic carbocycles. The van der Waals surface area contributed by atoms with E-state index in [1.807, 2.05) is 13.8 Å². The van der Waals surface area contributed by atoms with Gasteiger partial charge in [0.05, 0.1) is 17.0 Å². The van der Waals surface area contributed by atoms with Crippen LogP contribution in [-0.2, 0) is 16.1 Å². The molecule has 2 aromatic rings. The zero-order valence-electron chi connectivity index (χ0n) is 17.3. The van der Waals surface area contributed by atoms with Gasteiger partial charge in [-0.15, -0.1) is 0 Å². The van der Waals surface area contributed by atoms with Gasteiger partial charge in [0, 0.05) is 25.6 Å². The van der Waals surface area contributed by atoms with Crippen LogP contribution in [0.3, 0.4) is 0 Å². The number of H-pyrrole nitrogens is 1. The molecule has 1 saturated carbocycles. The third-order valence-electron chi connectivity index (χ3n) is 5.62. The smallest absolute Gasteiger partial charge is 0.328 e. The Morgan fingerprint density at radius 1 is 1.21 bits per heavy atom. The molecule has 0 unspecified atom stereocenters. The van der Waals surface area contributed by atoms with Crippen molar-refractivity contribution in [3.8, 4) is 0 Å². The van der Waals surface area contributed by atoms with Crippen LogP contribution in [0.1, 0.15) is 46.0 Å². The van der Waals surface area contributed by atoms with Gasteiger partial charge in [0.1, 0.15) is 0 Å². The molecule has 1 heterocycles. The Kier molecular flexibility index (Phi) is 7.25. The first-order chi connectivity index (χ1) is 14.0. The molecular formula is C22H31N3O4. The number of ether oxygens (including phenoxy) is 1. The molecule has 0 spiro atoms. The van der Waals surface area contributed by atoms with E-state index in [1.54, 1.807) is 24.3 Å². The minimum atomic E-state index is -0.364. The van der Waals surface area contributed by atoms with Crippen LogP contribution in [0.15, 0.2) is 33.9 Å². The predicted octanol–water partition coefficient (Wildman–Crippen LogP) is 2.43. The molecular weight excluding hydrogens is 370 g/mol. The summed E-state index contributed by atoms with van der Waals surface area (Å²) < 4.78 is 6.79. The van der Waals surface area contributed by atoms with Gasteiger partial charge in [0.15, 0.2) is 0 Å². The summed E-state index contributed by atoms with van der Waals surface area (Å²) in [5.41, 5.74) is -0.0389. The first kappa shape index (κ1) is 21.3. The molecule has 1 aromatic carbocycles. The lowest BCUT2D eigenvalue weighted by Crippen LogP contribution is -2.39. The van der Waals surface area contributed by atoms with Crippen molar-refractivity contribution in [3.63, 3.8) is 0 Å². The Hall–Kier alpha value is -2.41. The van der Waals surface area contributed by atoms with Gasteiger partial charge in [-0.25, -0.2) is 4.79 Å². The highest BCUT2D eigenvalue weighted by Gasteiger charge is 2.27. The van der Waals surface area contributed by atoms with Crippen LogP contribution in [0.4, 0.5) is 0 Å². The van der Waals surface area contributed by atoms with Crippen LogP contribution in [0.5, 0.6) is 0 Å². The summed E-state index contributed by atoms with van der Waals surface area (Å²) in [5, 5.41) is 3.53. The lowest BCUT2D eigenvalue weighted by Gasteiger charge is -2.28. The lowest BCUT2D eigenvalue weighted by atomic mass is 9.81. The Balaban J connectivity index is 1.50. The SMILES string of the molecule is CC(C)OCCCNC(=O)C1CCC(Cn2c(=O)[nH]c3ccccc3c2=O)CC1. The molecule has 0 bridgehead atoms. The average molecular weight is 402 g/mol. The van der Waals surface area contributed by atoms with Crippen molar-refractivity contribution in [2.45, 2.75) is 58.6 Å². The Morgan fingerprint density at radius 3 is 2.66 bits per heavy atom. The van der Waals surface area contributed by atoms with E-state index in [2.05, 4.69) is 10.3 Å². The number of aromatic nitrogens is 2. The molecule has 7 nitrogen and oxygen atoms in total. The third-order valence-corrected chi connectivity index (χ3v) is 5.62. The molecule has 1 aliphatic rings. The van der Waals surface area contributed by atoms with Crippen molar-refractivity contribution in [2.75, 3.05) is 13.2 Å². The number of benzene rings is 1. The molecule has 29 heavy (non-hydrogen) atoms. The van der Waals surface area contributed by atoms with E-state index < -0.39 is 0 Å². The molecule has 0 atom stereocenters. The predicted molar refractivity (Wildman–Crippen MR) is 113 cm³/mol. The van der Waals surface area contributed by atoms with E-state index in [0.717, 1.165) is 32.1 Å². The minimum Gasteiger partial charge on any atom is -0.379 e. The Morgan fingerprint density at radius 2 is 1.93 bits per heavy atom. The molecule has 158 valence electrons. The highest BCUT2D eigenvalue weighted by Crippen LogP contribution is 2.29. The number of hydrogen-bond donors (Lipinski definition) is 2. The number of para-hydroxylation sites is 1. The maximum atomic E-state index is 12.7. The van der Waals surface area contributed by atoms with Gasteiger partial charge in [-0.1, -0.05) is 12.1 Å². The van der Waals surface area contributed by atoms with Gasteiger partial charge in [0.25, 0.3) is 5.56 Å². The molecule has 1 aromatic heterocycles. The standard InChI is InChI=1S/C22H31N3O4/c1-15(2)29-13-5-12-23-20(26)17-10-8-16(9-11-17)14-25-21(27)18-6-3-4-7-19(18)24-22(25)28/h3-4,6-7,15-17H,5,8-14H2,1-2H3,(H,23,26)(H,24,28). The largest absolute Gasteiger partial charge is 0.379 e. The van der Waals surface area contributed by atoms with Gasteiger partial charge < -0.3 is 15.0 Å². The van der Waals surface area contributed by atoms with E-state index in [1.165, 1.54) is 4.57 Å². The first-order valence-corrected chi connectivity index (χ1v) is 10.6.